The van der Waals surface area contributed by atoms with Crippen LogP contribution in [0.1, 0.15) is 24.1 Å². The van der Waals surface area contributed by atoms with E-state index in [1.165, 1.54) is 6.07 Å². The highest BCUT2D eigenvalue weighted by atomic mass is 19.1. The first kappa shape index (κ1) is 14.5. The third-order valence-corrected chi connectivity index (χ3v) is 3.03. The molecule has 106 valence electrons. The zero-order valence-electron chi connectivity index (χ0n) is 11.3. The first-order valence-corrected chi connectivity index (χ1v) is 6.53. The highest BCUT2D eigenvalue weighted by Crippen LogP contribution is 2.26. The Labute approximate surface area is 117 Å². The summed E-state index contributed by atoms with van der Waals surface area (Å²) in [6, 6.07) is 11.7. The molecule has 0 amide bonds. The summed E-state index contributed by atoms with van der Waals surface area (Å²) in [7, 11) is 0. The quantitative estimate of drug-likeness (QED) is 0.881. The summed E-state index contributed by atoms with van der Waals surface area (Å²) >= 11 is 0. The first-order chi connectivity index (χ1) is 9.60. The third kappa shape index (κ3) is 3.56. The minimum absolute atomic E-state index is 0.105. The maximum atomic E-state index is 13.9. The largest absolute Gasteiger partial charge is 0.454 e. The number of ether oxygens (including phenoxy) is 1. The molecule has 2 rings (SSSR count). The number of aliphatic hydroxyl groups excluding tert-OH is 1. The Morgan fingerprint density at radius 3 is 2.45 bits per heavy atom. The van der Waals surface area contributed by atoms with E-state index in [-0.39, 0.29) is 18.4 Å². The van der Waals surface area contributed by atoms with E-state index in [9.17, 15) is 4.39 Å². The van der Waals surface area contributed by atoms with Gasteiger partial charge in [-0.05, 0) is 48.7 Å². The Morgan fingerprint density at radius 1 is 1.20 bits per heavy atom. The molecule has 3 N–H and O–H groups in total. The van der Waals surface area contributed by atoms with Crippen molar-refractivity contribution in [2.75, 3.05) is 6.61 Å². The van der Waals surface area contributed by atoms with Gasteiger partial charge in [0.1, 0.15) is 5.75 Å². The fourth-order valence-electron chi connectivity index (χ4n) is 1.86. The second-order valence-electron chi connectivity index (χ2n) is 4.70. The lowest BCUT2D eigenvalue weighted by atomic mass is 10.1. The van der Waals surface area contributed by atoms with Gasteiger partial charge in [-0.3, -0.25) is 0 Å². The molecule has 0 aliphatic carbocycles. The molecule has 0 radical (unpaired) electrons. The van der Waals surface area contributed by atoms with E-state index in [2.05, 4.69) is 0 Å². The Balaban J connectivity index is 2.13. The fourth-order valence-corrected chi connectivity index (χ4v) is 1.86. The lowest BCUT2D eigenvalue weighted by molar-refractivity contribution is 0.299. The molecule has 1 atom stereocenters. The van der Waals surface area contributed by atoms with Crippen LogP contribution in [0.5, 0.6) is 11.5 Å². The molecule has 2 aromatic rings. The number of hydrogen-bond donors (Lipinski definition) is 2. The van der Waals surface area contributed by atoms with Gasteiger partial charge in [-0.15, -0.1) is 0 Å². The maximum absolute atomic E-state index is 13.9. The van der Waals surface area contributed by atoms with Gasteiger partial charge in [-0.25, -0.2) is 4.39 Å². The van der Waals surface area contributed by atoms with Crippen molar-refractivity contribution in [1.29, 1.82) is 0 Å². The summed E-state index contributed by atoms with van der Waals surface area (Å²) in [4.78, 5) is 0. The molecule has 0 aliphatic rings. The van der Waals surface area contributed by atoms with E-state index in [0.717, 1.165) is 11.1 Å². The van der Waals surface area contributed by atoms with Crippen LogP contribution >= 0.6 is 0 Å². The van der Waals surface area contributed by atoms with Crippen LogP contribution in [0.25, 0.3) is 0 Å². The van der Waals surface area contributed by atoms with E-state index in [1.54, 1.807) is 31.2 Å². The summed E-state index contributed by atoms with van der Waals surface area (Å²) in [5, 5.41) is 8.84. The summed E-state index contributed by atoms with van der Waals surface area (Å²) in [6.45, 7) is 1.91. The Kier molecular flexibility index (Phi) is 4.71. The van der Waals surface area contributed by atoms with Crippen LogP contribution < -0.4 is 10.5 Å². The van der Waals surface area contributed by atoms with Crippen molar-refractivity contribution in [3.05, 3.63) is 59.4 Å². The van der Waals surface area contributed by atoms with Gasteiger partial charge in [-0.2, -0.15) is 0 Å². The standard InChI is InChI=1S/C16H18FNO2/c1-11(18)13-4-7-16(15(17)10-13)20-14-5-2-12(3-6-14)8-9-19/h2-7,10-11,19H,8-9,18H2,1H3/t11-/m1/s1. The van der Waals surface area contributed by atoms with Crippen molar-refractivity contribution in [2.45, 2.75) is 19.4 Å². The molecule has 0 bridgehead atoms. The van der Waals surface area contributed by atoms with Gasteiger partial charge in [0.15, 0.2) is 11.6 Å². The van der Waals surface area contributed by atoms with Gasteiger partial charge < -0.3 is 15.6 Å². The summed E-state index contributed by atoms with van der Waals surface area (Å²) < 4.78 is 19.4. The molecule has 20 heavy (non-hydrogen) atoms. The molecule has 0 aromatic heterocycles. The van der Waals surface area contributed by atoms with Crippen LogP contribution in [-0.2, 0) is 6.42 Å². The minimum atomic E-state index is -0.431. The zero-order chi connectivity index (χ0) is 14.5. The molecule has 0 fully saturated rings. The summed E-state index contributed by atoms with van der Waals surface area (Å²) in [6.07, 6.45) is 0.595. The van der Waals surface area contributed by atoms with Gasteiger partial charge in [0, 0.05) is 12.6 Å². The van der Waals surface area contributed by atoms with Crippen molar-refractivity contribution >= 4 is 0 Å². The average Bonchev–Trinajstić information content (AvgIpc) is 2.43. The molecule has 0 aliphatic heterocycles. The Hall–Kier alpha value is -1.91. The smallest absolute Gasteiger partial charge is 0.166 e. The maximum Gasteiger partial charge on any atom is 0.166 e. The topological polar surface area (TPSA) is 55.5 Å². The molecular formula is C16H18FNO2. The van der Waals surface area contributed by atoms with Gasteiger partial charge in [0.05, 0.1) is 0 Å². The van der Waals surface area contributed by atoms with Crippen LogP contribution in [-0.4, -0.2) is 11.7 Å². The average molecular weight is 275 g/mol. The van der Waals surface area contributed by atoms with E-state index in [1.807, 2.05) is 12.1 Å². The molecule has 0 spiro atoms. The number of nitrogens with two attached hydrogens (primary N) is 1. The molecule has 3 nitrogen and oxygen atoms in total. The van der Waals surface area contributed by atoms with E-state index >= 15 is 0 Å². The number of hydrogen-bond acceptors (Lipinski definition) is 3. The summed E-state index contributed by atoms with van der Waals surface area (Å²) in [5.74, 6) is 0.294. The molecule has 4 heteroatoms. The molecular weight excluding hydrogens is 257 g/mol. The lowest BCUT2D eigenvalue weighted by Crippen LogP contribution is -2.05. The predicted octanol–water partition coefficient (Wildman–Crippen LogP) is 3.17. The van der Waals surface area contributed by atoms with Gasteiger partial charge in [0.2, 0.25) is 0 Å². The zero-order valence-corrected chi connectivity index (χ0v) is 11.3. The van der Waals surface area contributed by atoms with E-state index in [0.29, 0.717) is 12.2 Å². The van der Waals surface area contributed by atoms with Crippen molar-refractivity contribution < 1.29 is 14.2 Å². The van der Waals surface area contributed by atoms with Gasteiger partial charge >= 0.3 is 0 Å². The lowest BCUT2D eigenvalue weighted by Gasteiger charge is -2.10. The number of rotatable bonds is 5. The molecule has 0 unspecified atom stereocenters. The van der Waals surface area contributed by atoms with Crippen LogP contribution in [0.3, 0.4) is 0 Å². The molecule has 0 saturated carbocycles. The van der Waals surface area contributed by atoms with Gasteiger partial charge in [-0.1, -0.05) is 18.2 Å². The molecule has 0 saturated heterocycles. The summed E-state index contributed by atoms with van der Waals surface area (Å²) in [5.41, 5.74) is 7.44. The number of benzene rings is 2. The van der Waals surface area contributed by atoms with Crippen LogP contribution in [0.2, 0.25) is 0 Å². The molecule has 0 heterocycles. The van der Waals surface area contributed by atoms with Gasteiger partial charge in [0.25, 0.3) is 0 Å². The Bertz CT molecular complexity index is 567. The number of aliphatic hydroxyl groups is 1. The van der Waals surface area contributed by atoms with Crippen molar-refractivity contribution in [1.82, 2.24) is 0 Å². The third-order valence-electron chi connectivity index (χ3n) is 3.03. The van der Waals surface area contributed by atoms with Crippen molar-refractivity contribution in [2.24, 2.45) is 5.73 Å². The van der Waals surface area contributed by atoms with Crippen LogP contribution in [0.4, 0.5) is 4.39 Å². The van der Waals surface area contributed by atoms with Crippen LogP contribution in [0, 0.1) is 5.82 Å². The van der Waals surface area contributed by atoms with Crippen molar-refractivity contribution in [3.63, 3.8) is 0 Å². The molecule has 2 aromatic carbocycles. The van der Waals surface area contributed by atoms with E-state index in [4.69, 9.17) is 15.6 Å². The van der Waals surface area contributed by atoms with Crippen molar-refractivity contribution in [3.8, 4) is 11.5 Å². The SMILES string of the molecule is C[C@@H](N)c1ccc(Oc2ccc(CCO)cc2)c(F)c1. The highest BCUT2D eigenvalue weighted by molar-refractivity contribution is 5.36. The first-order valence-electron chi connectivity index (χ1n) is 6.53. The minimum Gasteiger partial charge on any atom is -0.454 e. The fraction of sp³-hybridized carbons (Fsp3) is 0.250. The second-order valence-corrected chi connectivity index (χ2v) is 4.70. The highest BCUT2D eigenvalue weighted by Gasteiger charge is 2.08. The number of halogens is 1. The predicted molar refractivity (Wildman–Crippen MR) is 76.3 cm³/mol. The Morgan fingerprint density at radius 2 is 1.90 bits per heavy atom. The normalized spacial score (nSPS) is 12.2. The monoisotopic (exact) mass is 275 g/mol. The second kappa shape index (κ2) is 6.50. The van der Waals surface area contributed by atoms with Crippen LogP contribution in [0.15, 0.2) is 42.5 Å². The van der Waals surface area contributed by atoms with E-state index < -0.39 is 5.82 Å².